The van der Waals surface area contributed by atoms with Gasteiger partial charge < -0.3 is 14.9 Å². The molecule has 0 radical (unpaired) electrons. The standard InChI is InChI=1S/C10H10Br2N4O3/c11-8-7-9(14-3-13-7)15-10(12)16(8)6-1-4(18)5(2-17)19-6/h3-6,17-18H,1-2H2/t4-,5+,6?/m0/s1. The second kappa shape index (κ2) is 5.06. The van der Waals surface area contributed by atoms with Gasteiger partial charge in [-0.3, -0.25) is 4.57 Å². The normalized spacial score (nSPS) is 27.3. The molecule has 0 spiro atoms. The number of imidazole rings is 1. The number of ether oxygens (including phenoxy) is 1. The van der Waals surface area contributed by atoms with E-state index in [1.807, 2.05) is 0 Å². The molecule has 0 saturated carbocycles. The molecule has 3 rings (SSSR count). The number of aliphatic hydroxyl groups is 2. The van der Waals surface area contributed by atoms with Gasteiger partial charge in [0, 0.05) is 6.42 Å². The van der Waals surface area contributed by atoms with Crippen molar-refractivity contribution in [2.75, 3.05) is 6.61 Å². The zero-order valence-corrected chi connectivity index (χ0v) is 12.7. The Balaban J connectivity index is 2.04. The van der Waals surface area contributed by atoms with Gasteiger partial charge in [0.15, 0.2) is 10.6 Å². The highest BCUT2D eigenvalue weighted by atomic mass is 79.9. The number of hydrogen-bond acceptors (Lipinski definition) is 6. The molecule has 3 atom stereocenters. The number of rotatable bonds is 2. The van der Waals surface area contributed by atoms with Crippen molar-refractivity contribution in [3.05, 3.63) is 15.7 Å². The fourth-order valence-electron chi connectivity index (χ4n) is 2.11. The average Bonchev–Trinajstić information content (AvgIpc) is 2.95. The van der Waals surface area contributed by atoms with Crippen LogP contribution in [0.5, 0.6) is 0 Å². The molecule has 0 aromatic heterocycles. The van der Waals surface area contributed by atoms with E-state index in [0.29, 0.717) is 27.3 Å². The molecule has 0 aromatic carbocycles. The van der Waals surface area contributed by atoms with E-state index in [2.05, 4.69) is 46.8 Å². The molecule has 3 heterocycles. The van der Waals surface area contributed by atoms with Crippen molar-refractivity contribution in [3.8, 4) is 11.5 Å². The van der Waals surface area contributed by atoms with Crippen LogP contribution >= 0.6 is 31.9 Å². The average molecular weight is 394 g/mol. The molecule has 3 aliphatic heterocycles. The third-order valence-electron chi connectivity index (χ3n) is 3.05. The van der Waals surface area contributed by atoms with Crippen LogP contribution in [0.4, 0.5) is 0 Å². The Morgan fingerprint density at radius 3 is 2.89 bits per heavy atom. The highest BCUT2D eigenvalue weighted by Crippen LogP contribution is 2.37. The minimum atomic E-state index is -0.706. The summed E-state index contributed by atoms with van der Waals surface area (Å²) in [5.74, 6) is 0.521. The Hall–Kier alpha value is -0.610. The molecular formula is C10H10Br2N4O3. The quantitative estimate of drug-likeness (QED) is 0.582. The van der Waals surface area contributed by atoms with Crippen molar-refractivity contribution in [2.24, 2.45) is 0 Å². The van der Waals surface area contributed by atoms with Gasteiger partial charge in [-0.1, -0.05) is 0 Å². The Morgan fingerprint density at radius 2 is 2.21 bits per heavy atom. The van der Waals surface area contributed by atoms with Gasteiger partial charge in [-0.25, -0.2) is 15.0 Å². The van der Waals surface area contributed by atoms with Gasteiger partial charge in [-0.15, -0.1) is 0 Å². The molecule has 0 aromatic rings. The summed E-state index contributed by atoms with van der Waals surface area (Å²) >= 11 is 6.80. The van der Waals surface area contributed by atoms with E-state index in [9.17, 15) is 5.11 Å². The van der Waals surface area contributed by atoms with E-state index in [4.69, 9.17) is 9.84 Å². The lowest BCUT2D eigenvalue weighted by Crippen LogP contribution is -2.24. The first-order chi connectivity index (χ1) is 9.11. The number of aliphatic hydroxyl groups excluding tert-OH is 2. The van der Waals surface area contributed by atoms with Gasteiger partial charge in [0.2, 0.25) is 0 Å². The van der Waals surface area contributed by atoms with Gasteiger partial charge in [0.1, 0.15) is 29.0 Å². The predicted octanol–water partition coefficient (Wildman–Crippen LogP) is 0.944. The van der Waals surface area contributed by atoms with Gasteiger partial charge >= 0.3 is 0 Å². The van der Waals surface area contributed by atoms with Crippen LogP contribution in [0.2, 0.25) is 0 Å². The van der Waals surface area contributed by atoms with Crippen molar-refractivity contribution in [1.82, 2.24) is 19.5 Å². The number of halogens is 2. The SMILES string of the molecule is OC[C@H]1OC(n2c(Br)nc3ncnc-3c2Br)C[C@@H]1O. The molecular weight excluding hydrogens is 384 g/mol. The Labute approximate surface area is 125 Å². The monoisotopic (exact) mass is 392 g/mol. The molecule has 0 aliphatic carbocycles. The zero-order valence-electron chi connectivity index (χ0n) is 9.57. The summed E-state index contributed by atoms with van der Waals surface area (Å²) < 4.78 is 8.52. The topological polar surface area (TPSA) is 93.3 Å². The van der Waals surface area contributed by atoms with Crippen molar-refractivity contribution in [1.29, 1.82) is 0 Å². The van der Waals surface area contributed by atoms with E-state index in [1.54, 1.807) is 4.57 Å². The van der Waals surface area contributed by atoms with Gasteiger partial charge in [0.25, 0.3) is 0 Å². The van der Waals surface area contributed by atoms with Crippen LogP contribution in [0.3, 0.4) is 0 Å². The first-order valence-electron chi connectivity index (χ1n) is 5.60. The molecule has 0 amide bonds. The number of fused-ring (bicyclic) bond motifs is 1. The van der Waals surface area contributed by atoms with E-state index in [-0.39, 0.29) is 6.61 Å². The third-order valence-corrected chi connectivity index (χ3v) is 4.37. The summed E-state index contributed by atoms with van der Waals surface area (Å²) in [4.78, 5) is 12.4. The predicted molar refractivity (Wildman–Crippen MR) is 71.5 cm³/mol. The van der Waals surface area contributed by atoms with E-state index >= 15 is 0 Å². The van der Waals surface area contributed by atoms with Crippen LogP contribution in [0.1, 0.15) is 12.6 Å². The van der Waals surface area contributed by atoms with Crippen molar-refractivity contribution in [2.45, 2.75) is 24.9 Å². The number of nitrogens with zero attached hydrogens (tertiary/aromatic N) is 4. The maximum absolute atomic E-state index is 9.80. The zero-order chi connectivity index (χ0) is 13.6. The molecule has 19 heavy (non-hydrogen) atoms. The summed E-state index contributed by atoms with van der Waals surface area (Å²) in [5, 5.41) is 18.9. The van der Waals surface area contributed by atoms with Crippen LogP contribution in [0.15, 0.2) is 15.7 Å². The fourth-order valence-corrected chi connectivity index (χ4v) is 3.59. The maximum atomic E-state index is 9.80. The lowest BCUT2D eigenvalue weighted by atomic mass is 10.2. The lowest BCUT2D eigenvalue weighted by Gasteiger charge is -2.20. The lowest BCUT2D eigenvalue weighted by molar-refractivity contribution is -0.0463. The van der Waals surface area contributed by atoms with Crippen molar-refractivity contribution in [3.63, 3.8) is 0 Å². The van der Waals surface area contributed by atoms with E-state index < -0.39 is 18.4 Å². The highest BCUT2D eigenvalue weighted by Gasteiger charge is 2.36. The molecule has 9 heteroatoms. The Morgan fingerprint density at radius 1 is 1.42 bits per heavy atom. The first kappa shape index (κ1) is 13.4. The summed E-state index contributed by atoms with van der Waals surface area (Å²) in [7, 11) is 0. The van der Waals surface area contributed by atoms with E-state index in [0.717, 1.165) is 0 Å². The summed E-state index contributed by atoms with van der Waals surface area (Å²) in [6.45, 7) is -0.223. The second-order valence-corrected chi connectivity index (χ2v) is 5.66. The second-order valence-electron chi connectivity index (χ2n) is 4.20. The largest absolute Gasteiger partial charge is 0.394 e. The van der Waals surface area contributed by atoms with Crippen LogP contribution in [0.25, 0.3) is 11.5 Å². The first-order valence-corrected chi connectivity index (χ1v) is 7.18. The summed E-state index contributed by atoms with van der Waals surface area (Å²) in [6.07, 6.45) is 0.0825. The van der Waals surface area contributed by atoms with Crippen LogP contribution in [0, 0.1) is 0 Å². The fraction of sp³-hybridized carbons (Fsp3) is 0.500. The van der Waals surface area contributed by atoms with Gasteiger partial charge in [-0.2, -0.15) is 0 Å². The van der Waals surface area contributed by atoms with Crippen molar-refractivity contribution < 1.29 is 14.9 Å². The third kappa shape index (κ3) is 2.19. The Kier molecular flexibility index (Phi) is 3.56. The molecule has 0 bridgehead atoms. The van der Waals surface area contributed by atoms with Gasteiger partial charge in [0.05, 0.1) is 12.7 Å². The highest BCUT2D eigenvalue weighted by molar-refractivity contribution is 9.11. The molecule has 7 nitrogen and oxygen atoms in total. The van der Waals surface area contributed by atoms with Gasteiger partial charge in [-0.05, 0) is 31.9 Å². The molecule has 2 N–H and O–H groups in total. The summed E-state index contributed by atoms with van der Waals surface area (Å²) in [5.41, 5.74) is 0.619. The molecule has 102 valence electrons. The molecule has 3 aliphatic rings. The van der Waals surface area contributed by atoms with Crippen molar-refractivity contribution >= 4 is 31.9 Å². The van der Waals surface area contributed by atoms with Crippen LogP contribution < -0.4 is 0 Å². The molecule has 1 saturated heterocycles. The summed E-state index contributed by atoms with van der Waals surface area (Å²) in [6, 6.07) is 0. The Bertz CT molecular complexity index is 578. The van der Waals surface area contributed by atoms with Crippen LogP contribution in [-0.4, -0.2) is 48.5 Å². The molecule has 1 fully saturated rings. The smallest absolute Gasteiger partial charge is 0.185 e. The minimum Gasteiger partial charge on any atom is -0.394 e. The van der Waals surface area contributed by atoms with E-state index in [1.165, 1.54) is 6.33 Å². The number of hydrogen-bond donors (Lipinski definition) is 2. The van der Waals surface area contributed by atoms with Crippen LogP contribution in [-0.2, 0) is 4.74 Å². The molecule has 1 unspecified atom stereocenters. The maximum Gasteiger partial charge on any atom is 0.185 e. The number of aromatic nitrogens is 4. The minimum absolute atomic E-state index is 0.223.